The molecule has 12 aromatic rings. The number of hydrogen-bond donors (Lipinski definition) is 0. The first-order chi connectivity index (χ1) is 34.6. The van der Waals surface area contributed by atoms with Gasteiger partial charge < -0.3 is 14.0 Å². The van der Waals surface area contributed by atoms with Crippen molar-refractivity contribution in [2.45, 2.75) is 32.1 Å². The maximum Gasteiger partial charge on any atom is 0.0702 e. The lowest BCUT2D eigenvalue weighted by Crippen LogP contribution is -2.32. The molecular formula is C67H53N3. The molecule has 10 aromatic carbocycles. The van der Waals surface area contributed by atoms with Crippen molar-refractivity contribution < 1.29 is 0 Å². The summed E-state index contributed by atoms with van der Waals surface area (Å²) in [6.07, 6.45) is 0. The third-order valence-corrected chi connectivity index (χ3v) is 15.5. The highest BCUT2D eigenvalue weighted by molar-refractivity contribution is 6.10. The van der Waals surface area contributed by atoms with Crippen LogP contribution in [0.3, 0.4) is 0 Å². The molecule has 0 unspecified atom stereocenters. The van der Waals surface area contributed by atoms with Crippen LogP contribution < -0.4 is 4.90 Å². The number of nitrogens with zero attached hydrogens (tertiary/aromatic N) is 3. The SMILES string of the molecule is CCN(CC)c1cc(C(c2ccc(C3c4ccccc4-c4ccccc43)cc2)(c2ccc(-n3c4ccccc4c4ccccc43)cc2)c2ccc(-n3c4ccccc4c4ccccc43)cc2)ccc1C. The smallest absolute Gasteiger partial charge is 0.0702 e. The van der Waals surface area contributed by atoms with Gasteiger partial charge in [-0.3, -0.25) is 0 Å². The first kappa shape index (κ1) is 41.8. The molecule has 0 radical (unpaired) electrons. The lowest BCUT2D eigenvalue weighted by Gasteiger charge is -2.38. The Morgan fingerprint density at radius 3 is 1.16 bits per heavy atom. The molecule has 2 heterocycles. The molecule has 1 aliphatic rings. The quantitative estimate of drug-likeness (QED) is 0.125. The molecule has 3 nitrogen and oxygen atoms in total. The molecule has 0 N–H and O–H groups in total. The standard InChI is InChI=1S/C67H53N3/c1-4-68(5-2)65-44-50(33-30-45(65)3)67(47-34-31-46(32-35-47)66-59-24-8-6-18-53(59)54-19-7-9-25-60(54)66,48-36-40-51(41-37-48)69-61-26-14-10-20-55(61)56-21-11-15-27-62(56)69)49-38-42-52(43-39-49)70-63-28-16-12-22-57(63)58-23-13-17-29-64(58)70/h6-44,66H,4-5H2,1-3H3. The van der Waals surface area contributed by atoms with E-state index in [1.165, 1.54) is 105 Å². The number of benzene rings is 10. The first-order valence-corrected chi connectivity index (χ1v) is 24.9. The number of anilines is 1. The highest BCUT2D eigenvalue weighted by atomic mass is 15.1. The Balaban J connectivity index is 1.06. The maximum atomic E-state index is 2.50. The lowest BCUT2D eigenvalue weighted by atomic mass is 9.64. The van der Waals surface area contributed by atoms with Crippen molar-refractivity contribution in [1.29, 1.82) is 0 Å². The fraction of sp³-hybridized carbons (Fsp3) is 0.104. The van der Waals surface area contributed by atoms with Gasteiger partial charge in [0.2, 0.25) is 0 Å². The van der Waals surface area contributed by atoms with E-state index in [1.807, 2.05) is 0 Å². The molecule has 0 spiro atoms. The highest BCUT2D eigenvalue weighted by Gasteiger charge is 2.40. The summed E-state index contributed by atoms with van der Waals surface area (Å²) < 4.78 is 4.85. The molecule has 0 atom stereocenters. The van der Waals surface area contributed by atoms with E-state index >= 15 is 0 Å². The van der Waals surface area contributed by atoms with Crippen molar-refractivity contribution in [2.75, 3.05) is 18.0 Å². The van der Waals surface area contributed by atoms with E-state index in [4.69, 9.17) is 0 Å². The second-order valence-electron chi connectivity index (χ2n) is 19.0. The van der Waals surface area contributed by atoms with Crippen LogP contribution in [-0.2, 0) is 5.41 Å². The number of hydrogen-bond acceptors (Lipinski definition) is 1. The molecule has 0 saturated carbocycles. The fourth-order valence-electron chi connectivity index (χ4n) is 12.3. The lowest BCUT2D eigenvalue weighted by molar-refractivity contribution is 0.740. The molecule has 0 saturated heterocycles. The minimum atomic E-state index is -0.710. The van der Waals surface area contributed by atoms with Gasteiger partial charge >= 0.3 is 0 Å². The van der Waals surface area contributed by atoms with E-state index in [0.29, 0.717) is 0 Å². The molecule has 70 heavy (non-hydrogen) atoms. The molecule has 0 amide bonds. The van der Waals surface area contributed by atoms with Gasteiger partial charge in [-0.05, 0) is 131 Å². The Kier molecular flexibility index (Phi) is 9.95. The predicted molar refractivity (Wildman–Crippen MR) is 295 cm³/mol. The Bertz CT molecular complexity index is 3610. The summed E-state index contributed by atoms with van der Waals surface area (Å²) in [5.41, 5.74) is 20.5. The second kappa shape index (κ2) is 16.7. The van der Waals surface area contributed by atoms with Crippen LogP contribution >= 0.6 is 0 Å². The number of aromatic nitrogens is 2. The van der Waals surface area contributed by atoms with Gasteiger partial charge in [-0.25, -0.2) is 0 Å². The summed E-state index contributed by atoms with van der Waals surface area (Å²) in [5.74, 6) is 0.153. The monoisotopic (exact) mass is 899 g/mol. The number of rotatable bonds is 10. The number of aryl methyl sites for hydroxylation is 1. The largest absolute Gasteiger partial charge is 0.372 e. The summed E-state index contributed by atoms with van der Waals surface area (Å²) in [5, 5.41) is 5.04. The third kappa shape index (κ3) is 6.27. The van der Waals surface area contributed by atoms with Crippen molar-refractivity contribution in [2.24, 2.45) is 0 Å². The molecule has 0 fully saturated rings. The van der Waals surface area contributed by atoms with Crippen LogP contribution in [0.5, 0.6) is 0 Å². The zero-order valence-electron chi connectivity index (χ0n) is 39.8. The number of para-hydroxylation sites is 4. The van der Waals surface area contributed by atoms with Crippen molar-refractivity contribution in [1.82, 2.24) is 9.13 Å². The Morgan fingerprint density at radius 2 is 0.743 bits per heavy atom. The van der Waals surface area contributed by atoms with Crippen LogP contribution in [0.4, 0.5) is 5.69 Å². The van der Waals surface area contributed by atoms with Crippen LogP contribution in [0.15, 0.2) is 237 Å². The van der Waals surface area contributed by atoms with Gasteiger partial charge in [-0.2, -0.15) is 0 Å². The second-order valence-corrected chi connectivity index (χ2v) is 19.0. The summed E-state index contributed by atoms with van der Waals surface area (Å²) in [7, 11) is 0. The molecular weight excluding hydrogens is 847 g/mol. The van der Waals surface area contributed by atoms with Crippen molar-refractivity contribution >= 4 is 49.3 Å². The van der Waals surface area contributed by atoms with Gasteiger partial charge in [0.15, 0.2) is 0 Å². The summed E-state index contributed by atoms with van der Waals surface area (Å²) >= 11 is 0. The first-order valence-electron chi connectivity index (χ1n) is 24.9. The van der Waals surface area contributed by atoms with E-state index in [-0.39, 0.29) is 5.92 Å². The zero-order chi connectivity index (χ0) is 46.9. The minimum Gasteiger partial charge on any atom is -0.372 e. The third-order valence-electron chi connectivity index (χ3n) is 15.5. The molecule has 336 valence electrons. The van der Waals surface area contributed by atoms with Gasteiger partial charge in [-0.1, -0.05) is 182 Å². The van der Waals surface area contributed by atoms with E-state index in [2.05, 4.69) is 271 Å². The van der Waals surface area contributed by atoms with Crippen LogP contribution in [0.2, 0.25) is 0 Å². The number of fused-ring (bicyclic) bond motifs is 9. The average molecular weight is 900 g/mol. The van der Waals surface area contributed by atoms with E-state index in [0.717, 1.165) is 24.5 Å². The molecule has 13 rings (SSSR count). The predicted octanol–water partition coefficient (Wildman–Crippen LogP) is 16.6. The molecule has 0 aliphatic heterocycles. The molecule has 0 bridgehead atoms. The summed E-state index contributed by atoms with van der Waals surface area (Å²) in [4.78, 5) is 2.50. The summed E-state index contributed by atoms with van der Waals surface area (Å²) in [6, 6.07) is 88.9. The fourth-order valence-corrected chi connectivity index (χ4v) is 12.3. The van der Waals surface area contributed by atoms with Crippen molar-refractivity contribution in [3.05, 3.63) is 281 Å². The van der Waals surface area contributed by atoms with Crippen LogP contribution in [0.25, 0.3) is 66.1 Å². The van der Waals surface area contributed by atoms with Crippen LogP contribution in [0.1, 0.15) is 64.3 Å². The van der Waals surface area contributed by atoms with Crippen LogP contribution in [0, 0.1) is 6.92 Å². The Morgan fingerprint density at radius 1 is 0.386 bits per heavy atom. The Hall–Kier alpha value is -8.40. The van der Waals surface area contributed by atoms with E-state index < -0.39 is 5.41 Å². The topological polar surface area (TPSA) is 13.1 Å². The van der Waals surface area contributed by atoms with Gasteiger partial charge in [0.1, 0.15) is 0 Å². The Labute approximate surface area is 410 Å². The van der Waals surface area contributed by atoms with Gasteiger partial charge in [0, 0.05) is 57.6 Å². The van der Waals surface area contributed by atoms with Crippen LogP contribution in [-0.4, -0.2) is 22.2 Å². The molecule has 3 heteroatoms. The van der Waals surface area contributed by atoms with Crippen molar-refractivity contribution in [3.63, 3.8) is 0 Å². The minimum absolute atomic E-state index is 0.153. The van der Waals surface area contributed by atoms with Gasteiger partial charge in [0.05, 0.1) is 27.5 Å². The maximum absolute atomic E-state index is 2.50. The molecule has 1 aliphatic carbocycles. The van der Waals surface area contributed by atoms with E-state index in [9.17, 15) is 0 Å². The van der Waals surface area contributed by atoms with Gasteiger partial charge in [0.25, 0.3) is 0 Å². The van der Waals surface area contributed by atoms with Crippen molar-refractivity contribution in [3.8, 4) is 22.5 Å². The highest BCUT2D eigenvalue weighted by Crippen LogP contribution is 2.51. The average Bonchev–Trinajstić information content (AvgIpc) is 4.07. The van der Waals surface area contributed by atoms with Gasteiger partial charge in [-0.15, -0.1) is 0 Å². The van der Waals surface area contributed by atoms with E-state index in [1.54, 1.807) is 0 Å². The summed E-state index contributed by atoms with van der Waals surface area (Å²) in [6.45, 7) is 8.64. The molecule has 2 aromatic heterocycles. The normalized spacial score (nSPS) is 12.6. The zero-order valence-corrected chi connectivity index (χ0v) is 39.8.